The summed E-state index contributed by atoms with van der Waals surface area (Å²) in [7, 11) is 2.05. The Balaban J connectivity index is 1.83. The van der Waals surface area contributed by atoms with Gasteiger partial charge in [0.25, 0.3) is 0 Å². The highest BCUT2D eigenvalue weighted by atomic mass is 32.1. The van der Waals surface area contributed by atoms with E-state index < -0.39 is 0 Å². The van der Waals surface area contributed by atoms with E-state index >= 15 is 0 Å². The first-order valence-electron chi connectivity index (χ1n) is 6.57. The van der Waals surface area contributed by atoms with Gasteiger partial charge >= 0.3 is 0 Å². The molecular weight excluding hydrogens is 268 g/mol. The summed E-state index contributed by atoms with van der Waals surface area (Å²) >= 11 is 1.69. The lowest BCUT2D eigenvalue weighted by Gasteiger charge is -2.19. The monoisotopic (exact) mass is 284 g/mol. The van der Waals surface area contributed by atoms with Gasteiger partial charge < -0.3 is 4.90 Å². The Morgan fingerprint density at radius 3 is 2.60 bits per heavy atom. The molecule has 20 heavy (non-hydrogen) atoms. The Bertz CT molecular complexity index is 709. The van der Waals surface area contributed by atoms with Crippen molar-refractivity contribution in [3.8, 4) is 0 Å². The van der Waals surface area contributed by atoms with E-state index in [1.165, 1.54) is 0 Å². The Morgan fingerprint density at radius 2 is 1.90 bits per heavy atom. The number of para-hydroxylation sites is 2. The molecule has 0 bridgehead atoms. The summed E-state index contributed by atoms with van der Waals surface area (Å²) in [5.41, 5.74) is 2.85. The van der Waals surface area contributed by atoms with Gasteiger partial charge in [0.05, 0.1) is 21.7 Å². The second kappa shape index (κ2) is 5.54. The summed E-state index contributed by atoms with van der Waals surface area (Å²) in [5, 5.41) is 3.17. The Hall–Kier alpha value is -2.01. The molecule has 102 valence electrons. The number of benzene rings is 1. The van der Waals surface area contributed by atoms with E-state index in [0.717, 1.165) is 40.5 Å². The van der Waals surface area contributed by atoms with E-state index in [-0.39, 0.29) is 0 Å². The topological polar surface area (TPSA) is 41.9 Å². The lowest BCUT2D eigenvalue weighted by molar-refractivity contribution is 0.847. The zero-order valence-electron chi connectivity index (χ0n) is 11.6. The number of thiazole rings is 1. The van der Waals surface area contributed by atoms with Gasteiger partial charge in [-0.2, -0.15) is 0 Å². The van der Waals surface area contributed by atoms with Crippen molar-refractivity contribution >= 4 is 28.2 Å². The third-order valence-electron chi connectivity index (χ3n) is 3.23. The minimum atomic E-state index is 0.890. The van der Waals surface area contributed by atoms with Gasteiger partial charge in [-0.1, -0.05) is 12.1 Å². The van der Waals surface area contributed by atoms with Gasteiger partial charge in [-0.05, 0) is 19.1 Å². The predicted octanol–water partition coefficient (Wildman–Crippen LogP) is 3.07. The van der Waals surface area contributed by atoms with Gasteiger partial charge in [-0.15, -0.1) is 11.3 Å². The fourth-order valence-corrected chi connectivity index (χ4v) is 2.80. The predicted molar refractivity (Wildman–Crippen MR) is 83.4 cm³/mol. The van der Waals surface area contributed by atoms with Gasteiger partial charge in [0.15, 0.2) is 5.82 Å². The number of likely N-dealkylation sites (N-methyl/N-ethyl adjacent to an activating group) is 1. The Kier molecular flexibility index (Phi) is 3.60. The van der Waals surface area contributed by atoms with Crippen molar-refractivity contribution in [2.45, 2.75) is 13.3 Å². The largest absolute Gasteiger partial charge is 0.358 e. The second-order valence-corrected chi connectivity index (χ2v) is 5.70. The van der Waals surface area contributed by atoms with Crippen LogP contribution in [0.1, 0.15) is 10.7 Å². The fourth-order valence-electron chi connectivity index (χ4n) is 2.19. The zero-order valence-corrected chi connectivity index (χ0v) is 12.4. The highest BCUT2D eigenvalue weighted by molar-refractivity contribution is 7.09. The Labute approximate surface area is 122 Å². The van der Waals surface area contributed by atoms with Crippen LogP contribution in [0, 0.1) is 6.92 Å². The highest BCUT2D eigenvalue weighted by Gasteiger charge is 2.10. The van der Waals surface area contributed by atoms with E-state index in [1.807, 2.05) is 42.8 Å². The molecule has 3 rings (SSSR count). The van der Waals surface area contributed by atoms with Gasteiger partial charge in [0.1, 0.15) is 0 Å². The van der Waals surface area contributed by atoms with Gasteiger partial charge in [-0.25, -0.2) is 15.0 Å². The van der Waals surface area contributed by atoms with E-state index in [9.17, 15) is 0 Å². The minimum absolute atomic E-state index is 0.890. The maximum Gasteiger partial charge on any atom is 0.150 e. The average Bonchev–Trinajstić information content (AvgIpc) is 2.97. The number of anilines is 1. The second-order valence-electron chi connectivity index (χ2n) is 4.72. The molecule has 2 heterocycles. The maximum atomic E-state index is 4.72. The molecule has 0 aliphatic carbocycles. The van der Waals surface area contributed by atoms with Crippen LogP contribution in [0.25, 0.3) is 11.0 Å². The van der Waals surface area contributed by atoms with Gasteiger partial charge in [0.2, 0.25) is 0 Å². The van der Waals surface area contributed by atoms with Crippen molar-refractivity contribution in [1.29, 1.82) is 0 Å². The summed E-state index contributed by atoms with van der Waals surface area (Å²) in [6.07, 6.45) is 2.78. The number of fused-ring (bicyclic) bond motifs is 1. The molecule has 0 aliphatic heterocycles. The van der Waals surface area contributed by atoms with Crippen LogP contribution in [0.4, 0.5) is 5.82 Å². The average molecular weight is 284 g/mol. The molecule has 0 saturated heterocycles. The summed E-state index contributed by atoms with van der Waals surface area (Å²) in [6, 6.07) is 7.97. The molecule has 0 amide bonds. The molecule has 0 unspecified atom stereocenters. The zero-order chi connectivity index (χ0) is 13.9. The van der Waals surface area contributed by atoms with Crippen molar-refractivity contribution in [2.75, 3.05) is 18.5 Å². The summed E-state index contributed by atoms with van der Waals surface area (Å²) in [5.74, 6) is 0.945. The van der Waals surface area contributed by atoms with Crippen LogP contribution in [0.2, 0.25) is 0 Å². The molecule has 0 saturated carbocycles. The highest BCUT2D eigenvalue weighted by Crippen LogP contribution is 2.19. The van der Waals surface area contributed by atoms with Crippen molar-refractivity contribution in [3.63, 3.8) is 0 Å². The quantitative estimate of drug-likeness (QED) is 0.738. The molecular formula is C15H16N4S. The lowest BCUT2D eigenvalue weighted by atomic mass is 10.3. The van der Waals surface area contributed by atoms with E-state index in [0.29, 0.717) is 0 Å². The van der Waals surface area contributed by atoms with Crippen LogP contribution in [0.5, 0.6) is 0 Å². The van der Waals surface area contributed by atoms with Crippen LogP contribution in [0.3, 0.4) is 0 Å². The molecule has 0 spiro atoms. The summed E-state index contributed by atoms with van der Waals surface area (Å²) in [6.45, 7) is 2.90. The lowest BCUT2D eigenvalue weighted by Crippen LogP contribution is -2.22. The number of rotatable bonds is 4. The molecule has 0 atom stereocenters. The van der Waals surface area contributed by atoms with Crippen LogP contribution in [-0.4, -0.2) is 28.5 Å². The van der Waals surface area contributed by atoms with E-state index in [4.69, 9.17) is 4.98 Å². The van der Waals surface area contributed by atoms with Crippen LogP contribution in [-0.2, 0) is 6.42 Å². The standard InChI is InChI=1S/C15H16N4S/c1-11-15(18-13-6-4-3-5-12(13)17-11)19(2)9-7-14-16-8-10-20-14/h3-6,8,10H,7,9H2,1-2H3. The molecule has 2 aromatic heterocycles. The number of hydrogen-bond acceptors (Lipinski definition) is 5. The van der Waals surface area contributed by atoms with Crippen molar-refractivity contribution in [3.05, 3.63) is 46.5 Å². The molecule has 1 aromatic carbocycles. The fraction of sp³-hybridized carbons (Fsp3) is 0.267. The van der Waals surface area contributed by atoms with Crippen LogP contribution < -0.4 is 4.90 Å². The first kappa shape index (κ1) is 13.0. The molecule has 0 fully saturated rings. The normalized spacial score (nSPS) is 10.9. The number of nitrogens with zero attached hydrogens (tertiary/aromatic N) is 4. The third-order valence-corrected chi connectivity index (χ3v) is 4.07. The van der Waals surface area contributed by atoms with Gasteiger partial charge in [0, 0.05) is 31.6 Å². The number of hydrogen-bond donors (Lipinski definition) is 0. The smallest absolute Gasteiger partial charge is 0.150 e. The molecule has 4 nitrogen and oxygen atoms in total. The third kappa shape index (κ3) is 2.63. The van der Waals surface area contributed by atoms with E-state index in [1.54, 1.807) is 11.3 Å². The maximum absolute atomic E-state index is 4.72. The number of aromatic nitrogens is 3. The molecule has 0 radical (unpaired) electrons. The van der Waals surface area contributed by atoms with Crippen molar-refractivity contribution in [2.24, 2.45) is 0 Å². The molecule has 5 heteroatoms. The van der Waals surface area contributed by atoms with Gasteiger partial charge in [-0.3, -0.25) is 0 Å². The van der Waals surface area contributed by atoms with Crippen molar-refractivity contribution in [1.82, 2.24) is 15.0 Å². The van der Waals surface area contributed by atoms with Crippen LogP contribution in [0.15, 0.2) is 35.8 Å². The van der Waals surface area contributed by atoms with Crippen molar-refractivity contribution < 1.29 is 0 Å². The number of aryl methyl sites for hydroxylation is 1. The minimum Gasteiger partial charge on any atom is -0.358 e. The first-order chi connectivity index (χ1) is 9.74. The summed E-state index contributed by atoms with van der Waals surface area (Å²) < 4.78 is 0. The summed E-state index contributed by atoms with van der Waals surface area (Å²) in [4.78, 5) is 15.8. The Morgan fingerprint density at radius 1 is 1.15 bits per heavy atom. The SMILES string of the molecule is Cc1nc2ccccc2nc1N(C)CCc1nccs1. The molecule has 3 aromatic rings. The van der Waals surface area contributed by atoms with Crippen LogP contribution >= 0.6 is 11.3 Å². The molecule has 0 N–H and O–H groups in total. The molecule has 0 aliphatic rings. The van der Waals surface area contributed by atoms with E-state index in [2.05, 4.69) is 21.9 Å². The first-order valence-corrected chi connectivity index (χ1v) is 7.45.